The van der Waals surface area contributed by atoms with E-state index in [1.807, 2.05) is 0 Å². The predicted octanol–water partition coefficient (Wildman–Crippen LogP) is 11.4. The van der Waals surface area contributed by atoms with Crippen LogP contribution in [0.25, 0.3) is 33.4 Å². The standard InChI is InChI=1S/C55H41NSi/c1-5-15-41(16-6-1)42-25-31-47(32-26-42)56(49-35-38-55-46(40-49)39-45-17-13-14-24-54(45)55)48-33-27-43(28-34-48)44-29-36-53(37-30-44)57(50-18-7-2-8-19-50,51-20-9-3-10-21-51)52-22-11-4-12-23-52/h1-38,40H,39H2. The fraction of sp³-hybridized carbons (Fsp3) is 0.0182. The van der Waals surface area contributed by atoms with Crippen LogP contribution in [-0.2, 0) is 6.42 Å². The van der Waals surface area contributed by atoms with Gasteiger partial charge < -0.3 is 4.90 Å². The Morgan fingerprint density at radius 1 is 0.281 bits per heavy atom. The number of hydrogen-bond donors (Lipinski definition) is 0. The van der Waals surface area contributed by atoms with Gasteiger partial charge in [-0.05, 0) is 108 Å². The van der Waals surface area contributed by atoms with Crippen molar-refractivity contribution in [2.45, 2.75) is 6.42 Å². The van der Waals surface area contributed by atoms with Crippen molar-refractivity contribution in [3.8, 4) is 33.4 Å². The second kappa shape index (κ2) is 14.9. The monoisotopic (exact) mass is 743 g/mol. The minimum absolute atomic E-state index is 0.956. The van der Waals surface area contributed by atoms with Gasteiger partial charge in [-0.2, -0.15) is 0 Å². The summed E-state index contributed by atoms with van der Waals surface area (Å²) in [5.74, 6) is 0. The number of nitrogens with zero attached hydrogens (tertiary/aromatic N) is 1. The van der Waals surface area contributed by atoms with E-state index in [1.165, 1.54) is 65.3 Å². The van der Waals surface area contributed by atoms with Gasteiger partial charge in [-0.3, -0.25) is 0 Å². The highest BCUT2D eigenvalue weighted by Crippen LogP contribution is 2.42. The Bertz CT molecular complexity index is 2670. The third-order valence-corrected chi connectivity index (χ3v) is 16.5. The summed E-state index contributed by atoms with van der Waals surface area (Å²) < 4.78 is 0. The van der Waals surface area contributed by atoms with E-state index in [4.69, 9.17) is 0 Å². The Morgan fingerprint density at radius 3 is 1.16 bits per heavy atom. The minimum Gasteiger partial charge on any atom is -0.310 e. The van der Waals surface area contributed by atoms with Crippen molar-refractivity contribution in [1.82, 2.24) is 0 Å². The van der Waals surface area contributed by atoms with Gasteiger partial charge in [0.1, 0.15) is 0 Å². The normalized spacial score (nSPS) is 11.8. The summed E-state index contributed by atoms with van der Waals surface area (Å²) in [6.07, 6.45) is 0.956. The molecule has 0 aromatic heterocycles. The lowest BCUT2D eigenvalue weighted by atomic mass is 10.0. The quantitative estimate of drug-likeness (QED) is 0.105. The van der Waals surface area contributed by atoms with Gasteiger partial charge in [0, 0.05) is 17.1 Å². The van der Waals surface area contributed by atoms with Gasteiger partial charge in [-0.1, -0.05) is 200 Å². The zero-order valence-corrected chi connectivity index (χ0v) is 32.7. The molecule has 0 bridgehead atoms. The predicted molar refractivity (Wildman–Crippen MR) is 244 cm³/mol. The molecule has 0 amide bonds. The maximum Gasteiger partial charge on any atom is 0.179 e. The van der Waals surface area contributed by atoms with E-state index in [1.54, 1.807) is 0 Å². The molecule has 0 saturated carbocycles. The summed E-state index contributed by atoms with van der Waals surface area (Å²) in [6.45, 7) is 0. The molecule has 1 aliphatic carbocycles. The highest BCUT2D eigenvalue weighted by Gasteiger charge is 2.41. The maximum absolute atomic E-state index is 2.58. The number of benzene rings is 9. The number of rotatable bonds is 9. The van der Waals surface area contributed by atoms with Crippen LogP contribution in [0.1, 0.15) is 11.1 Å². The van der Waals surface area contributed by atoms with Gasteiger partial charge in [-0.15, -0.1) is 0 Å². The molecule has 0 saturated heterocycles. The third kappa shape index (κ3) is 6.31. The van der Waals surface area contributed by atoms with E-state index in [-0.39, 0.29) is 0 Å². The summed E-state index contributed by atoms with van der Waals surface area (Å²) in [5.41, 5.74) is 13.7. The van der Waals surface area contributed by atoms with Crippen LogP contribution < -0.4 is 25.6 Å². The Labute approximate surface area is 336 Å². The molecule has 0 radical (unpaired) electrons. The van der Waals surface area contributed by atoms with Crippen molar-refractivity contribution >= 4 is 45.9 Å². The van der Waals surface area contributed by atoms with Crippen LogP contribution in [0.4, 0.5) is 17.1 Å². The highest BCUT2D eigenvalue weighted by atomic mass is 28.3. The number of anilines is 3. The molecule has 0 fully saturated rings. The summed E-state index contributed by atoms with van der Waals surface area (Å²) in [5, 5.41) is 5.51. The lowest BCUT2D eigenvalue weighted by Gasteiger charge is -2.34. The zero-order valence-electron chi connectivity index (χ0n) is 31.7. The lowest BCUT2D eigenvalue weighted by molar-refractivity contribution is 1.23. The molecule has 1 nitrogen and oxygen atoms in total. The summed E-state index contributed by atoms with van der Waals surface area (Å²) in [6, 6.07) is 87.2. The molecule has 9 aromatic rings. The smallest absolute Gasteiger partial charge is 0.179 e. The SMILES string of the molecule is c1ccc(-c2ccc(N(c3ccc(-c4ccc([Si](c5ccccc5)(c5ccccc5)c5ccccc5)cc4)cc3)c3ccc4c(c3)Cc3ccccc3-4)cc2)cc1. The van der Waals surface area contributed by atoms with Crippen LogP contribution in [0.2, 0.25) is 0 Å². The van der Waals surface area contributed by atoms with Gasteiger partial charge in [0.25, 0.3) is 0 Å². The van der Waals surface area contributed by atoms with E-state index in [0.29, 0.717) is 0 Å². The van der Waals surface area contributed by atoms with Crippen molar-refractivity contribution < 1.29 is 0 Å². The van der Waals surface area contributed by atoms with Gasteiger partial charge in [-0.25, -0.2) is 0 Å². The first-order valence-electron chi connectivity index (χ1n) is 19.8. The first kappa shape index (κ1) is 34.5. The van der Waals surface area contributed by atoms with E-state index in [9.17, 15) is 0 Å². The molecule has 2 heteroatoms. The second-order valence-electron chi connectivity index (χ2n) is 14.9. The molecule has 0 N–H and O–H groups in total. The second-order valence-corrected chi connectivity index (χ2v) is 18.7. The fourth-order valence-electron chi connectivity index (χ4n) is 8.93. The van der Waals surface area contributed by atoms with E-state index >= 15 is 0 Å². The largest absolute Gasteiger partial charge is 0.310 e. The van der Waals surface area contributed by atoms with Gasteiger partial charge >= 0.3 is 0 Å². The summed E-state index contributed by atoms with van der Waals surface area (Å²) in [7, 11) is -2.58. The molecule has 1 aliphatic rings. The van der Waals surface area contributed by atoms with E-state index in [2.05, 4.69) is 241 Å². The molecular weight excluding hydrogens is 703 g/mol. The maximum atomic E-state index is 2.39. The van der Waals surface area contributed by atoms with Crippen molar-refractivity contribution in [3.05, 3.63) is 248 Å². The van der Waals surface area contributed by atoms with Crippen LogP contribution >= 0.6 is 0 Å². The average molecular weight is 744 g/mol. The van der Waals surface area contributed by atoms with Crippen molar-refractivity contribution in [1.29, 1.82) is 0 Å². The van der Waals surface area contributed by atoms with Crippen molar-refractivity contribution in [3.63, 3.8) is 0 Å². The molecule has 0 spiro atoms. The average Bonchev–Trinajstić information content (AvgIpc) is 3.67. The number of hydrogen-bond acceptors (Lipinski definition) is 1. The first-order chi connectivity index (χ1) is 28.3. The Balaban J connectivity index is 1.03. The molecule has 0 heterocycles. The van der Waals surface area contributed by atoms with Crippen molar-refractivity contribution in [2.24, 2.45) is 0 Å². The molecular formula is C55H41NSi. The Kier molecular flexibility index (Phi) is 9.02. The van der Waals surface area contributed by atoms with Gasteiger partial charge in [0.15, 0.2) is 8.07 Å². The van der Waals surface area contributed by atoms with Crippen LogP contribution in [0.5, 0.6) is 0 Å². The molecule has 270 valence electrons. The van der Waals surface area contributed by atoms with Crippen LogP contribution in [0.15, 0.2) is 237 Å². The fourth-order valence-corrected chi connectivity index (χ4v) is 13.7. The Morgan fingerprint density at radius 2 is 0.649 bits per heavy atom. The van der Waals surface area contributed by atoms with Crippen molar-refractivity contribution in [2.75, 3.05) is 4.90 Å². The summed E-state index contributed by atoms with van der Waals surface area (Å²) >= 11 is 0. The molecule has 57 heavy (non-hydrogen) atoms. The third-order valence-electron chi connectivity index (χ3n) is 11.7. The molecule has 9 aromatic carbocycles. The van der Waals surface area contributed by atoms with Crippen LogP contribution in [0, 0.1) is 0 Å². The molecule has 0 atom stereocenters. The van der Waals surface area contributed by atoms with E-state index in [0.717, 1.165) is 23.5 Å². The van der Waals surface area contributed by atoms with Crippen LogP contribution in [0.3, 0.4) is 0 Å². The van der Waals surface area contributed by atoms with Gasteiger partial charge in [0.05, 0.1) is 0 Å². The topological polar surface area (TPSA) is 3.24 Å². The number of fused-ring (bicyclic) bond motifs is 3. The first-order valence-corrected chi connectivity index (χ1v) is 21.8. The van der Waals surface area contributed by atoms with E-state index < -0.39 is 8.07 Å². The zero-order chi connectivity index (χ0) is 38.0. The minimum atomic E-state index is -2.58. The van der Waals surface area contributed by atoms with Crippen LogP contribution in [-0.4, -0.2) is 8.07 Å². The van der Waals surface area contributed by atoms with Gasteiger partial charge in [0.2, 0.25) is 0 Å². The molecule has 10 rings (SSSR count). The summed E-state index contributed by atoms with van der Waals surface area (Å²) in [4.78, 5) is 2.39. The lowest BCUT2D eigenvalue weighted by Crippen LogP contribution is -2.74. The Hall–Kier alpha value is -7.00. The molecule has 0 unspecified atom stereocenters. The molecule has 0 aliphatic heterocycles. The highest BCUT2D eigenvalue weighted by molar-refractivity contribution is 7.19.